The Morgan fingerprint density at radius 2 is 2.10 bits per heavy atom. The summed E-state index contributed by atoms with van der Waals surface area (Å²) < 4.78 is 19.2. The molecule has 4 heteroatoms. The fourth-order valence-electron chi connectivity index (χ4n) is 3.39. The summed E-state index contributed by atoms with van der Waals surface area (Å²) in [6, 6.07) is 7.11. The van der Waals surface area contributed by atoms with Crippen LogP contribution in [0.5, 0.6) is 0 Å². The van der Waals surface area contributed by atoms with Crippen molar-refractivity contribution in [1.29, 1.82) is 0 Å². The topological polar surface area (TPSA) is 24.5 Å². The van der Waals surface area contributed by atoms with Gasteiger partial charge in [-0.15, -0.1) is 0 Å². The Bertz CT molecular complexity index is 442. The average Bonchev–Trinajstić information content (AvgIpc) is 2.79. The molecule has 0 amide bonds. The maximum Gasteiger partial charge on any atom is 0.123 e. The van der Waals surface area contributed by atoms with Crippen LogP contribution in [0.4, 0.5) is 4.39 Å². The summed E-state index contributed by atoms with van der Waals surface area (Å²) in [5.74, 6) is -0.160. The van der Waals surface area contributed by atoms with E-state index in [4.69, 9.17) is 4.74 Å². The summed E-state index contributed by atoms with van der Waals surface area (Å²) in [7, 11) is 1.94. The molecule has 2 aliphatic rings. The van der Waals surface area contributed by atoms with Crippen molar-refractivity contribution in [2.24, 2.45) is 0 Å². The van der Waals surface area contributed by atoms with Gasteiger partial charge in [0.05, 0.1) is 12.2 Å². The molecule has 0 aliphatic carbocycles. The fourth-order valence-corrected chi connectivity index (χ4v) is 3.39. The first-order valence-corrected chi connectivity index (χ1v) is 7.55. The van der Waals surface area contributed by atoms with Crippen molar-refractivity contribution in [2.75, 3.05) is 26.7 Å². The Morgan fingerprint density at radius 3 is 2.75 bits per heavy atom. The molecule has 3 rings (SSSR count). The highest BCUT2D eigenvalue weighted by atomic mass is 19.1. The van der Waals surface area contributed by atoms with Crippen LogP contribution in [0.15, 0.2) is 24.3 Å². The van der Waals surface area contributed by atoms with Crippen molar-refractivity contribution in [2.45, 2.75) is 37.5 Å². The van der Waals surface area contributed by atoms with Gasteiger partial charge in [0.2, 0.25) is 0 Å². The molecule has 0 radical (unpaired) electrons. The Hall–Kier alpha value is -0.970. The second kappa shape index (κ2) is 6.20. The number of fused-ring (bicyclic) bond motifs is 2. The molecule has 2 fully saturated rings. The van der Waals surface area contributed by atoms with E-state index in [0.717, 1.165) is 31.6 Å². The van der Waals surface area contributed by atoms with E-state index in [0.29, 0.717) is 12.2 Å². The maximum atomic E-state index is 13.3. The quantitative estimate of drug-likeness (QED) is 0.894. The first-order valence-electron chi connectivity index (χ1n) is 7.55. The smallest absolute Gasteiger partial charge is 0.123 e. The molecule has 1 N–H and O–H groups in total. The van der Waals surface area contributed by atoms with Crippen molar-refractivity contribution >= 4 is 0 Å². The van der Waals surface area contributed by atoms with Gasteiger partial charge in [-0.2, -0.15) is 0 Å². The second-order valence-corrected chi connectivity index (χ2v) is 5.90. The molecule has 0 aromatic heterocycles. The van der Waals surface area contributed by atoms with Crippen LogP contribution in [0, 0.1) is 5.82 Å². The SMILES string of the molecule is CNC(CCN1CC2CCC(C1)O2)c1cccc(F)c1. The third-order valence-electron chi connectivity index (χ3n) is 4.45. The highest BCUT2D eigenvalue weighted by Gasteiger charge is 2.33. The van der Waals surface area contributed by atoms with Gasteiger partial charge in [0.15, 0.2) is 0 Å². The summed E-state index contributed by atoms with van der Waals surface area (Å²) in [6.07, 6.45) is 4.30. The van der Waals surface area contributed by atoms with Gasteiger partial charge in [0.1, 0.15) is 5.82 Å². The van der Waals surface area contributed by atoms with Gasteiger partial charge in [-0.3, -0.25) is 4.90 Å². The summed E-state index contributed by atoms with van der Waals surface area (Å²) >= 11 is 0. The lowest BCUT2D eigenvalue weighted by Crippen LogP contribution is -2.43. The third-order valence-corrected chi connectivity index (χ3v) is 4.45. The minimum atomic E-state index is -0.160. The highest BCUT2D eigenvalue weighted by Crippen LogP contribution is 2.27. The van der Waals surface area contributed by atoms with Gasteiger partial charge in [-0.05, 0) is 44.0 Å². The largest absolute Gasteiger partial charge is 0.372 e. The Kier molecular flexibility index (Phi) is 4.34. The number of halogens is 1. The van der Waals surface area contributed by atoms with Crippen molar-refractivity contribution in [3.8, 4) is 0 Å². The first-order chi connectivity index (χ1) is 9.74. The van der Waals surface area contributed by atoms with Crippen molar-refractivity contribution < 1.29 is 9.13 Å². The van der Waals surface area contributed by atoms with Gasteiger partial charge in [-0.1, -0.05) is 12.1 Å². The predicted molar refractivity (Wildman–Crippen MR) is 77.2 cm³/mol. The molecular formula is C16H23FN2O. The van der Waals surface area contributed by atoms with Crippen LogP contribution in [0.25, 0.3) is 0 Å². The van der Waals surface area contributed by atoms with E-state index in [9.17, 15) is 4.39 Å². The van der Waals surface area contributed by atoms with Gasteiger partial charge < -0.3 is 10.1 Å². The van der Waals surface area contributed by atoms with E-state index in [1.165, 1.54) is 18.9 Å². The third kappa shape index (κ3) is 3.19. The van der Waals surface area contributed by atoms with Crippen LogP contribution < -0.4 is 5.32 Å². The van der Waals surface area contributed by atoms with Crippen LogP contribution in [0.3, 0.4) is 0 Å². The normalized spacial score (nSPS) is 27.7. The maximum absolute atomic E-state index is 13.3. The summed E-state index contributed by atoms with van der Waals surface area (Å²) in [6.45, 7) is 3.14. The highest BCUT2D eigenvalue weighted by molar-refractivity contribution is 5.20. The number of ether oxygens (including phenoxy) is 1. The molecule has 3 nitrogen and oxygen atoms in total. The van der Waals surface area contributed by atoms with Crippen LogP contribution in [-0.4, -0.2) is 43.8 Å². The number of likely N-dealkylation sites (tertiary alicyclic amines) is 1. The molecule has 2 heterocycles. The van der Waals surface area contributed by atoms with E-state index >= 15 is 0 Å². The van der Waals surface area contributed by atoms with Crippen molar-refractivity contribution in [1.82, 2.24) is 10.2 Å². The zero-order valence-corrected chi connectivity index (χ0v) is 12.0. The number of nitrogens with zero attached hydrogens (tertiary/aromatic N) is 1. The molecule has 110 valence electrons. The van der Waals surface area contributed by atoms with Gasteiger partial charge >= 0.3 is 0 Å². The molecule has 1 aromatic carbocycles. The number of rotatable bonds is 5. The molecule has 2 bridgehead atoms. The number of hydrogen-bond donors (Lipinski definition) is 1. The molecule has 3 atom stereocenters. The van der Waals surface area contributed by atoms with Crippen LogP contribution in [0.1, 0.15) is 30.9 Å². The fraction of sp³-hybridized carbons (Fsp3) is 0.625. The Morgan fingerprint density at radius 1 is 1.35 bits per heavy atom. The number of morpholine rings is 1. The zero-order valence-electron chi connectivity index (χ0n) is 12.0. The van der Waals surface area contributed by atoms with E-state index in [-0.39, 0.29) is 11.9 Å². The second-order valence-electron chi connectivity index (χ2n) is 5.90. The minimum Gasteiger partial charge on any atom is -0.372 e. The zero-order chi connectivity index (χ0) is 13.9. The molecule has 2 aliphatic heterocycles. The predicted octanol–water partition coefficient (Wildman–Crippen LogP) is 2.34. The Labute approximate surface area is 120 Å². The lowest BCUT2D eigenvalue weighted by molar-refractivity contribution is -0.0390. The van der Waals surface area contributed by atoms with Crippen LogP contribution in [-0.2, 0) is 4.74 Å². The number of benzene rings is 1. The Balaban J connectivity index is 1.56. The van der Waals surface area contributed by atoms with E-state index in [1.807, 2.05) is 13.1 Å². The monoisotopic (exact) mass is 278 g/mol. The molecular weight excluding hydrogens is 255 g/mol. The minimum absolute atomic E-state index is 0.160. The number of nitrogens with one attached hydrogen (secondary N) is 1. The van der Waals surface area contributed by atoms with Crippen LogP contribution in [0.2, 0.25) is 0 Å². The first kappa shape index (κ1) is 14.0. The van der Waals surface area contributed by atoms with E-state index in [1.54, 1.807) is 12.1 Å². The summed E-state index contributed by atoms with van der Waals surface area (Å²) in [5.41, 5.74) is 1.03. The lowest BCUT2D eigenvalue weighted by Gasteiger charge is -2.33. The molecule has 0 spiro atoms. The summed E-state index contributed by atoms with van der Waals surface area (Å²) in [5, 5.41) is 3.30. The van der Waals surface area contributed by atoms with Crippen LogP contribution >= 0.6 is 0 Å². The average molecular weight is 278 g/mol. The van der Waals surface area contributed by atoms with Gasteiger partial charge in [0, 0.05) is 25.7 Å². The van der Waals surface area contributed by atoms with Crippen molar-refractivity contribution in [3.05, 3.63) is 35.6 Å². The van der Waals surface area contributed by atoms with Gasteiger partial charge in [0.25, 0.3) is 0 Å². The molecule has 3 unspecified atom stereocenters. The van der Waals surface area contributed by atoms with E-state index in [2.05, 4.69) is 10.2 Å². The number of hydrogen-bond acceptors (Lipinski definition) is 3. The molecule has 1 aromatic rings. The lowest BCUT2D eigenvalue weighted by atomic mass is 10.0. The molecule has 20 heavy (non-hydrogen) atoms. The standard InChI is InChI=1S/C16H23FN2O/c1-18-16(12-3-2-4-13(17)9-12)7-8-19-10-14-5-6-15(11-19)20-14/h2-4,9,14-16,18H,5-8,10-11H2,1H3. The summed E-state index contributed by atoms with van der Waals surface area (Å²) in [4.78, 5) is 2.50. The molecule has 0 saturated carbocycles. The van der Waals surface area contributed by atoms with E-state index < -0.39 is 0 Å². The van der Waals surface area contributed by atoms with Gasteiger partial charge in [-0.25, -0.2) is 4.39 Å². The molecule has 2 saturated heterocycles. The van der Waals surface area contributed by atoms with Crippen molar-refractivity contribution in [3.63, 3.8) is 0 Å².